The first-order valence-corrected chi connectivity index (χ1v) is 5.73. The van der Waals surface area contributed by atoms with E-state index in [9.17, 15) is 9.59 Å². The monoisotopic (exact) mass is 226 g/mol. The van der Waals surface area contributed by atoms with Gasteiger partial charge in [0.25, 0.3) is 0 Å². The van der Waals surface area contributed by atoms with Gasteiger partial charge in [0.2, 0.25) is 0 Å². The Morgan fingerprint density at radius 2 is 2.00 bits per heavy atom. The maximum absolute atomic E-state index is 11.5. The van der Waals surface area contributed by atoms with E-state index in [1.807, 2.05) is 0 Å². The zero-order valence-corrected chi connectivity index (χ0v) is 9.82. The molecule has 0 N–H and O–H groups in total. The summed E-state index contributed by atoms with van der Waals surface area (Å²) >= 11 is 0. The first-order valence-electron chi connectivity index (χ1n) is 5.73. The van der Waals surface area contributed by atoms with Gasteiger partial charge in [0.05, 0.1) is 19.1 Å². The highest BCUT2D eigenvalue weighted by Gasteiger charge is 2.24. The van der Waals surface area contributed by atoms with Crippen LogP contribution < -0.4 is 0 Å². The molecule has 0 amide bonds. The average molecular weight is 226 g/mol. The van der Waals surface area contributed by atoms with Gasteiger partial charge in [-0.1, -0.05) is 6.08 Å². The van der Waals surface area contributed by atoms with E-state index in [2.05, 4.69) is 0 Å². The van der Waals surface area contributed by atoms with E-state index in [0.29, 0.717) is 25.2 Å². The van der Waals surface area contributed by atoms with Crippen molar-refractivity contribution >= 4 is 11.9 Å². The Morgan fingerprint density at radius 1 is 1.31 bits per heavy atom. The standard InChI is InChI=1S/C12H18O4/c1-3-15-11(13)9-6-5-7-10(8-9)12(14)16-4-2/h8-9H,3-7H2,1-2H3. The summed E-state index contributed by atoms with van der Waals surface area (Å²) in [6.07, 6.45) is 3.96. The SMILES string of the molecule is CCOC(=O)C1=CC(C(=O)OCC)CCC1. The molecule has 4 nitrogen and oxygen atoms in total. The number of hydrogen-bond donors (Lipinski definition) is 0. The molecule has 0 aromatic carbocycles. The predicted molar refractivity (Wildman–Crippen MR) is 58.7 cm³/mol. The fraction of sp³-hybridized carbons (Fsp3) is 0.667. The number of carbonyl (C=O) groups is 2. The lowest BCUT2D eigenvalue weighted by Gasteiger charge is -2.18. The lowest BCUT2D eigenvalue weighted by Crippen LogP contribution is -2.21. The topological polar surface area (TPSA) is 52.6 Å². The van der Waals surface area contributed by atoms with Crippen LogP contribution in [0.1, 0.15) is 33.1 Å². The molecule has 4 heteroatoms. The summed E-state index contributed by atoms with van der Waals surface area (Å²) in [5.74, 6) is -0.839. The summed E-state index contributed by atoms with van der Waals surface area (Å²) in [6.45, 7) is 4.28. The largest absolute Gasteiger partial charge is 0.466 e. The summed E-state index contributed by atoms with van der Waals surface area (Å²) in [7, 11) is 0. The average Bonchev–Trinajstić information content (AvgIpc) is 2.30. The molecule has 90 valence electrons. The number of carbonyl (C=O) groups excluding carboxylic acids is 2. The maximum Gasteiger partial charge on any atom is 0.333 e. The van der Waals surface area contributed by atoms with E-state index >= 15 is 0 Å². The second-order valence-corrected chi connectivity index (χ2v) is 3.66. The van der Waals surface area contributed by atoms with Crippen molar-refractivity contribution in [1.29, 1.82) is 0 Å². The summed E-state index contributed by atoms with van der Waals surface area (Å²) in [6, 6.07) is 0. The van der Waals surface area contributed by atoms with Crippen LogP contribution >= 0.6 is 0 Å². The van der Waals surface area contributed by atoms with Gasteiger partial charge in [-0.15, -0.1) is 0 Å². The predicted octanol–water partition coefficient (Wildman–Crippen LogP) is 1.84. The van der Waals surface area contributed by atoms with Crippen molar-refractivity contribution in [2.75, 3.05) is 13.2 Å². The smallest absolute Gasteiger partial charge is 0.333 e. The fourth-order valence-corrected chi connectivity index (χ4v) is 1.75. The van der Waals surface area contributed by atoms with Gasteiger partial charge in [-0.2, -0.15) is 0 Å². The van der Waals surface area contributed by atoms with Crippen molar-refractivity contribution in [3.05, 3.63) is 11.6 Å². The van der Waals surface area contributed by atoms with Gasteiger partial charge >= 0.3 is 11.9 Å². The number of rotatable bonds is 4. The Morgan fingerprint density at radius 3 is 2.62 bits per heavy atom. The zero-order valence-electron chi connectivity index (χ0n) is 9.82. The van der Waals surface area contributed by atoms with Gasteiger partial charge in [0, 0.05) is 5.57 Å². The number of esters is 2. The van der Waals surface area contributed by atoms with Crippen LogP contribution in [0.2, 0.25) is 0 Å². The number of ether oxygens (including phenoxy) is 2. The second kappa shape index (κ2) is 6.30. The van der Waals surface area contributed by atoms with Crippen molar-refractivity contribution in [3.8, 4) is 0 Å². The highest BCUT2D eigenvalue weighted by atomic mass is 16.5. The number of hydrogen-bond acceptors (Lipinski definition) is 4. The lowest BCUT2D eigenvalue weighted by atomic mass is 9.90. The molecular formula is C12H18O4. The van der Waals surface area contributed by atoms with Crippen LogP contribution in [0.5, 0.6) is 0 Å². The molecule has 1 rings (SSSR count). The molecule has 0 fully saturated rings. The minimum absolute atomic E-state index is 0.246. The summed E-state index contributed by atoms with van der Waals surface area (Å²) < 4.78 is 9.84. The Balaban J connectivity index is 2.65. The fourth-order valence-electron chi connectivity index (χ4n) is 1.75. The van der Waals surface area contributed by atoms with Gasteiger partial charge in [-0.05, 0) is 33.1 Å². The quantitative estimate of drug-likeness (QED) is 0.686. The summed E-state index contributed by atoms with van der Waals surface area (Å²) in [4.78, 5) is 23.0. The molecule has 0 saturated carbocycles. The maximum atomic E-state index is 11.5. The molecular weight excluding hydrogens is 208 g/mol. The van der Waals surface area contributed by atoms with Gasteiger partial charge in [0.1, 0.15) is 0 Å². The molecule has 0 saturated heterocycles. The molecule has 0 bridgehead atoms. The summed E-state index contributed by atoms with van der Waals surface area (Å²) in [5.41, 5.74) is 0.603. The van der Waals surface area contributed by atoms with Crippen LogP contribution in [0, 0.1) is 5.92 Å². The Bertz CT molecular complexity index is 293. The molecule has 1 unspecified atom stereocenters. The van der Waals surface area contributed by atoms with E-state index in [-0.39, 0.29) is 17.9 Å². The van der Waals surface area contributed by atoms with E-state index in [4.69, 9.17) is 9.47 Å². The molecule has 1 aliphatic rings. The third-order valence-corrected chi connectivity index (χ3v) is 2.49. The minimum Gasteiger partial charge on any atom is -0.466 e. The van der Waals surface area contributed by atoms with Crippen molar-refractivity contribution < 1.29 is 19.1 Å². The van der Waals surface area contributed by atoms with E-state index in [1.54, 1.807) is 19.9 Å². The summed E-state index contributed by atoms with van der Waals surface area (Å²) in [5, 5.41) is 0. The van der Waals surface area contributed by atoms with Gasteiger partial charge in [-0.3, -0.25) is 4.79 Å². The molecule has 0 aromatic rings. The lowest BCUT2D eigenvalue weighted by molar-refractivity contribution is -0.146. The van der Waals surface area contributed by atoms with Crippen LogP contribution in [0.4, 0.5) is 0 Å². The Hall–Kier alpha value is -1.32. The van der Waals surface area contributed by atoms with Crippen molar-refractivity contribution in [3.63, 3.8) is 0 Å². The Labute approximate surface area is 95.6 Å². The third-order valence-electron chi connectivity index (χ3n) is 2.49. The van der Waals surface area contributed by atoms with Crippen molar-refractivity contribution in [2.45, 2.75) is 33.1 Å². The third kappa shape index (κ3) is 3.36. The van der Waals surface area contributed by atoms with Crippen LogP contribution in [0.3, 0.4) is 0 Å². The van der Waals surface area contributed by atoms with Gasteiger partial charge in [0.15, 0.2) is 0 Å². The molecule has 16 heavy (non-hydrogen) atoms. The molecule has 1 atom stereocenters. The Kier molecular flexibility index (Phi) is 5.02. The highest BCUT2D eigenvalue weighted by Crippen LogP contribution is 2.24. The van der Waals surface area contributed by atoms with Crippen LogP contribution in [-0.4, -0.2) is 25.2 Å². The first kappa shape index (κ1) is 12.7. The molecule has 0 aliphatic heterocycles. The second-order valence-electron chi connectivity index (χ2n) is 3.66. The van der Waals surface area contributed by atoms with Crippen LogP contribution in [0.15, 0.2) is 11.6 Å². The highest BCUT2D eigenvalue weighted by molar-refractivity contribution is 5.90. The first-order chi connectivity index (χ1) is 7.69. The molecule has 1 aliphatic carbocycles. The molecule has 0 aromatic heterocycles. The van der Waals surface area contributed by atoms with Crippen LogP contribution in [0.25, 0.3) is 0 Å². The van der Waals surface area contributed by atoms with Crippen molar-refractivity contribution in [2.24, 2.45) is 5.92 Å². The van der Waals surface area contributed by atoms with E-state index < -0.39 is 0 Å². The van der Waals surface area contributed by atoms with Crippen molar-refractivity contribution in [1.82, 2.24) is 0 Å². The zero-order chi connectivity index (χ0) is 12.0. The van der Waals surface area contributed by atoms with E-state index in [1.165, 1.54) is 0 Å². The van der Waals surface area contributed by atoms with Gasteiger partial charge < -0.3 is 9.47 Å². The molecule has 0 radical (unpaired) electrons. The minimum atomic E-state index is -0.309. The molecule has 0 heterocycles. The van der Waals surface area contributed by atoms with E-state index in [0.717, 1.165) is 12.8 Å². The van der Waals surface area contributed by atoms with Gasteiger partial charge in [-0.25, -0.2) is 4.79 Å². The molecule has 0 spiro atoms. The normalized spacial score (nSPS) is 19.9. The van der Waals surface area contributed by atoms with Crippen LogP contribution in [-0.2, 0) is 19.1 Å².